The van der Waals surface area contributed by atoms with Gasteiger partial charge in [0.25, 0.3) is 0 Å². The number of nitrogens with zero attached hydrogens (tertiary/aromatic N) is 2. The maximum atomic E-state index is 12.3. The van der Waals surface area contributed by atoms with Gasteiger partial charge in [-0.15, -0.1) is 0 Å². The quantitative estimate of drug-likeness (QED) is 0.681. The number of hydrogen-bond donors (Lipinski definition) is 1. The largest absolute Gasteiger partial charge is 0.367 e. The summed E-state index contributed by atoms with van der Waals surface area (Å²) in [7, 11) is 0. The van der Waals surface area contributed by atoms with Gasteiger partial charge in [0.2, 0.25) is 5.91 Å². The van der Waals surface area contributed by atoms with Gasteiger partial charge in [0, 0.05) is 18.9 Å². The zero-order valence-electron chi connectivity index (χ0n) is 15.0. The Kier molecular flexibility index (Phi) is 8.81. The number of rotatable bonds is 11. The van der Waals surface area contributed by atoms with E-state index in [2.05, 4.69) is 42.9 Å². The lowest BCUT2D eigenvalue weighted by Crippen LogP contribution is -2.55. The van der Waals surface area contributed by atoms with Crippen molar-refractivity contribution in [2.24, 2.45) is 0 Å². The Morgan fingerprint density at radius 1 is 1.26 bits per heavy atom. The number of carbonyl (C=O) groups excluding carboxylic acids is 1. The van der Waals surface area contributed by atoms with E-state index in [1.54, 1.807) is 12.4 Å². The maximum Gasteiger partial charge on any atom is 0.246 e. The molecule has 0 spiro atoms. The van der Waals surface area contributed by atoms with Crippen molar-refractivity contribution >= 4 is 5.91 Å². The maximum absolute atomic E-state index is 12.3. The van der Waals surface area contributed by atoms with E-state index in [0.717, 1.165) is 38.0 Å². The Morgan fingerprint density at radius 3 is 2.48 bits per heavy atom. The Bertz CT molecular complexity index is 443. The lowest BCUT2D eigenvalue weighted by Gasteiger charge is -2.37. The van der Waals surface area contributed by atoms with E-state index in [1.807, 2.05) is 12.1 Å². The number of ether oxygens (including phenoxy) is 1. The van der Waals surface area contributed by atoms with Crippen LogP contribution in [-0.2, 0) is 16.1 Å². The van der Waals surface area contributed by atoms with E-state index in [9.17, 15) is 4.79 Å². The first-order valence-electron chi connectivity index (χ1n) is 8.59. The Balaban J connectivity index is 2.50. The third kappa shape index (κ3) is 6.67. The van der Waals surface area contributed by atoms with Crippen LogP contribution in [0.25, 0.3) is 0 Å². The predicted molar refractivity (Wildman–Crippen MR) is 93.1 cm³/mol. The molecule has 0 aliphatic heterocycles. The molecule has 0 unspecified atom stereocenters. The number of likely N-dealkylation sites (N-methyl/N-ethyl adjacent to an activating group) is 1. The number of nitrogens with one attached hydrogen (secondary N) is 1. The lowest BCUT2D eigenvalue weighted by molar-refractivity contribution is -0.128. The monoisotopic (exact) mass is 321 g/mol. The van der Waals surface area contributed by atoms with Crippen LogP contribution in [-0.4, -0.2) is 47.6 Å². The van der Waals surface area contributed by atoms with Crippen LogP contribution < -0.4 is 5.32 Å². The summed E-state index contributed by atoms with van der Waals surface area (Å²) in [4.78, 5) is 18.6. The average molecular weight is 321 g/mol. The van der Waals surface area contributed by atoms with Gasteiger partial charge in [-0.1, -0.05) is 33.8 Å². The number of amides is 1. The van der Waals surface area contributed by atoms with Gasteiger partial charge in [-0.25, -0.2) is 0 Å². The summed E-state index contributed by atoms with van der Waals surface area (Å²) < 4.78 is 5.51. The van der Waals surface area contributed by atoms with Gasteiger partial charge >= 0.3 is 0 Å². The topological polar surface area (TPSA) is 54.5 Å². The summed E-state index contributed by atoms with van der Waals surface area (Å²) in [6.07, 6.45) is 5.30. The van der Waals surface area contributed by atoms with E-state index in [0.29, 0.717) is 6.61 Å². The zero-order chi connectivity index (χ0) is 17.1. The van der Waals surface area contributed by atoms with Crippen molar-refractivity contribution in [3.63, 3.8) is 0 Å². The fraction of sp³-hybridized carbons (Fsp3) is 0.667. The number of aromatic nitrogens is 1. The van der Waals surface area contributed by atoms with Crippen molar-refractivity contribution in [3.8, 4) is 0 Å². The zero-order valence-corrected chi connectivity index (χ0v) is 15.0. The molecule has 1 heterocycles. The van der Waals surface area contributed by atoms with Crippen LogP contribution in [0.3, 0.4) is 0 Å². The summed E-state index contributed by atoms with van der Waals surface area (Å²) in [5, 5.41) is 3.19. The van der Waals surface area contributed by atoms with Crippen molar-refractivity contribution in [2.75, 3.05) is 26.2 Å². The van der Waals surface area contributed by atoms with E-state index in [-0.39, 0.29) is 18.1 Å². The molecule has 1 amide bonds. The van der Waals surface area contributed by atoms with Crippen LogP contribution in [0.4, 0.5) is 0 Å². The molecule has 0 radical (unpaired) electrons. The van der Waals surface area contributed by atoms with Gasteiger partial charge in [-0.05, 0) is 37.6 Å². The Labute approximate surface area is 140 Å². The van der Waals surface area contributed by atoms with E-state index < -0.39 is 0 Å². The summed E-state index contributed by atoms with van der Waals surface area (Å²) >= 11 is 0. The SMILES string of the molecule is CCN(CC)CC(CC)(CC)NC(=O)COCc1cccnc1. The minimum atomic E-state index is -0.180. The standard InChI is InChI=1S/C18H31N3O2/c1-5-18(6-2,15-21(7-3)8-4)20-17(22)14-23-13-16-10-9-11-19-12-16/h9-12H,5-8,13-15H2,1-4H3,(H,20,22). The normalized spacial score (nSPS) is 11.7. The fourth-order valence-corrected chi connectivity index (χ4v) is 2.64. The second kappa shape index (κ2) is 10.3. The molecule has 0 bridgehead atoms. The minimum absolute atomic E-state index is 0.0512. The summed E-state index contributed by atoms with van der Waals surface area (Å²) in [5.41, 5.74) is 0.793. The molecule has 1 rings (SSSR count). The summed E-state index contributed by atoms with van der Waals surface area (Å²) in [5.74, 6) is -0.0512. The molecular formula is C18H31N3O2. The van der Waals surface area contributed by atoms with Crippen molar-refractivity contribution in [1.29, 1.82) is 0 Å². The smallest absolute Gasteiger partial charge is 0.246 e. The van der Waals surface area contributed by atoms with Gasteiger partial charge in [0.05, 0.1) is 12.1 Å². The van der Waals surface area contributed by atoms with Crippen LogP contribution in [0.2, 0.25) is 0 Å². The summed E-state index contributed by atoms with van der Waals surface area (Å²) in [6.45, 7) is 11.9. The first-order chi connectivity index (χ1) is 11.1. The second-order valence-electron chi connectivity index (χ2n) is 5.85. The van der Waals surface area contributed by atoms with Gasteiger partial charge in [0.15, 0.2) is 0 Å². The van der Waals surface area contributed by atoms with Crippen LogP contribution in [0, 0.1) is 0 Å². The van der Waals surface area contributed by atoms with Crippen molar-refractivity contribution in [3.05, 3.63) is 30.1 Å². The van der Waals surface area contributed by atoms with Gasteiger partial charge in [-0.2, -0.15) is 0 Å². The van der Waals surface area contributed by atoms with Crippen LogP contribution in [0.5, 0.6) is 0 Å². The lowest BCUT2D eigenvalue weighted by atomic mass is 9.91. The van der Waals surface area contributed by atoms with E-state index in [4.69, 9.17) is 4.74 Å². The molecule has 0 atom stereocenters. The number of pyridine rings is 1. The molecule has 0 fully saturated rings. The third-order valence-electron chi connectivity index (χ3n) is 4.40. The molecule has 0 saturated heterocycles. The van der Waals surface area contributed by atoms with E-state index in [1.165, 1.54) is 0 Å². The minimum Gasteiger partial charge on any atom is -0.367 e. The molecule has 0 saturated carbocycles. The molecule has 5 nitrogen and oxygen atoms in total. The molecule has 1 N–H and O–H groups in total. The number of hydrogen-bond acceptors (Lipinski definition) is 4. The molecule has 1 aromatic rings. The molecular weight excluding hydrogens is 290 g/mol. The molecule has 5 heteroatoms. The molecule has 0 aliphatic rings. The van der Waals surface area contributed by atoms with Crippen LogP contribution >= 0.6 is 0 Å². The molecule has 23 heavy (non-hydrogen) atoms. The predicted octanol–water partition coefficient (Wildman–Crippen LogP) is 2.62. The molecule has 1 aromatic heterocycles. The van der Waals surface area contributed by atoms with Crippen molar-refractivity contribution < 1.29 is 9.53 Å². The van der Waals surface area contributed by atoms with Gasteiger partial charge < -0.3 is 15.0 Å². The molecule has 130 valence electrons. The molecule has 0 aliphatic carbocycles. The highest BCUT2D eigenvalue weighted by Gasteiger charge is 2.29. The second-order valence-corrected chi connectivity index (χ2v) is 5.85. The average Bonchev–Trinajstić information content (AvgIpc) is 2.59. The van der Waals surface area contributed by atoms with Crippen LogP contribution in [0.1, 0.15) is 46.1 Å². The highest BCUT2D eigenvalue weighted by Crippen LogP contribution is 2.17. The first kappa shape index (κ1) is 19.6. The summed E-state index contributed by atoms with van der Waals surface area (Å²) in [6, 6.07) is 3.80. The number of carbonyl (C=O) groups is 1. The highest BCUT2D eigenvalue weighted by molar-refractivity contribution is 5.78. The third-order valence-corrected chi connectivity index (χ3v) is 4.40. The first-order valence-corrected chi connectivity index (χ1v) is 8.59. The van der Waals surface area contributed by atoms with E-state index >= 15 is 0 Å². The van der Waals surface area contributed by atoms with Crippen LogP contribution in [0.15, 0.2) is 24.5 Å². The van der Waals surface area contributed by atoms with Gasteiger partial charge in [-0.3, -0.25) is 9.78 Å². The highest BCUT2D eigenvalue weighted by atomic mass is 16.5. The van der Waals surface area contributed by atoms with Crippen molar-refractivity contribution in [1.82, 2.24) is 15.2 Å². The fourth-order valence-electron chi connectivity index (χ4n) is 2.64. The molecule has 0 aromatic carbocycles. The van der Waals surface area contributed by atoms with Gasteiger partial charge in [0.1, 0.15) is 6.61 Å². The Hall–Kier alpha value is -1.46. The Morgan fingerprint density at radius 2 is 1.96 bits per heavy atom. The van der Waals surface area contributed by atoms with Crippen molar-refractivity contribution in [2.45, 2.75) is 52.7 Å².